The number of hydrogen-bond donors (Lipinski definition) is 3. The first-order valence-corrected chi connectivity index (χ1v) is 13.1. The summed E-state index contributed by atoms with van der Waals surface area (Å²) in [5, 5.41) is 9.31. The molecule has 0 saturated heterocycles. The Balaban J connectivity index is 1.45. The van der Waals surface area contributed by atoms with E-state index in [4.69, 9.17) is 4.52 Å². The third-order valence-electron chi connectivity index (χ3n) is 6.26. The molecule has 2 amide bonds. The van der Waals surface area contributed by atoms with Crippen LogP contribution in [0.2, 0.25) is 0 Å². The van der Waals surface area contributed by atoms with Crippen molar-refractivity contribution in [2.24, 2.45) is 5.92 Å². The van der Waals surface area contributed by atoms with E-state index in [1.807, 2.05) is 0 Å². The quantitative estimate of drug-likeness (QED) is 0.453. The second kappa shape index (κ2) is 10.5. The van der Waals surface area contributed by atoms with Crippen LogP contribution in [0, 0.1) is 5.92 Å². The molecule has 14 heteroatoms. The molecule has 2 aromatic rings. The summed E-state index contributed by atoms with van der Waals surface area (Å²) >= 11 is 0. The molecule has 0 aliphatic heterocycles. The van der Waals surface area contributed by atoms with E-state index < -0.39 is 45.5 Å². The number of halogens is 3. The molecule has 3 N–H and O–H groups in total. The van der Waals surface area contributed by atoms with Gasteiger partial charge in [-0.05, 0) is 43.7 Å². The SMILES string of the molecule is O=C(N[C@H](C(=O)Nc1ccc(S(=O)(=O)NCC(F)(F)F)cn1)C1CCCCC1)c1conc1C1CC1. The van der Waals surface area contributed by atoms with Crippen molar-refractivity contribution in [3.63, 3.8) is 0 Å². The number of amides is 2. The molecule has 2 aliphatic rings. The lowest BCUT2D eigenvalue weighted by atomic mass is 9.83. The van der Waals surface area contributed by atoms with E-state index in [2.05, 4.69) is 20.8 Å². The number of carbonyl (C=O) groups excluding carboxylic acids is 2. The molecule has 36 heavy (non-hydrogen) atoms. The van der Waals surface area contributed by atoms with E-state index >= 15 is 0 Å². The molecule has 1 atom stereocenters. The first-order valence-electron chi connectivity index (χ1n) is 11.6. The maximum atomic E-state index is 13.2. The Morgan fingerprint density at radius 3 is 2.44 bits per heavy atom. The molecule has 0 spiro atoms. The van der Waals surface area contributed by atoms with Crippen molar-refractivity contribution in [3.05, 3.63) is 35.9 Å². The summed E-state index contributed by atoms with van der Waals surface area (Å²) in [5.41, 5.74) is 0.873. The number of carbonyl (C=O) groups is 2. The van der Waals surface area contributed by atoms with Crippen molar-refractivity contribution in [3.8, 4) is 0 Å². The van der Waals surface area contributed by atoms with Crippen LogP contribution in [-0.2, 0) is 14.8 Å². The van der Waals surface area contributed by atoms with Gasteiger partial charge in [-0.2, -0.15) is 13.2 Å². The number of aromatic nitrogens is 2. The number of sulfonamides is 1. The number of anilines is 1. The van der Waals surface area contributed by atoms with Crippen molar-refractivity contribution >= 4 is 27.7 Å². The lowest BCUT2D eigenvalue weighted by Crippen LogP contribution is -2.49. The van der Waals surface area contributed by atoms with Gasteiger partial charge in [-0.25, -0.2) is 18.1 Å². The summed E-state index contributed by atoms with van der Waals surface area (Å²) < 4.78 is 67.6. The molecule has 4 rings (SSSR count). The maximum absolute atomic E-state index is 13.2. The van der Waals surface area contributed by atoms with Gasteiger partial charge < -0.3 is 15.2 Å². The number of nitrogens with one attached hydrogen (secondary N) is 3. The first-order chi connectivity index (χ1) is 17.0. The average molecular weight is 530 g/mol. The van der Waals surface area contributed by atoms with Crippen LogP contribution in [0.15, 0.2) is 34.0 Å². The minimum atomic E-state index is -4.71. The van der Waals surface area contributed by atoms with Gasteiger partial charge in [0.2, 0.25) is 15.9 Å². The fourth-order valence-corrected chi connectivity index (χ4v) is 5.19. The van der Waals surface area contributed by atoms with Crippen LogP contribution in [0.1, 0.15) is 66.9 Å². The van der Waals surface area contributed by atoms with Crippen molar-refractivity contribution in [1.29, 1.82) is 0 Å². The van der Waals surface area contributed by atoms with Gasteiger partial charge in [0.25, 0.3) is 5.91 Å². The summed E-state index contributed by atoms with van der Waals surface area (Å²) in [6.45, 7) is -1.72. The molecule has 2 aromatic heterocycles. The molecule has 2 aliphatic carbocycles. The molecule has 2 saturated carbocycles. The van der Waals surface area contributed by atoms with Crippen LogP contribution >= 0.6 is 0 Å². The molecule has 196 valence electrons. The Kier molecular flexibility index (Phi) is 7.64. The van der Waals surface area contributed by atoms with E-state index in [1.54, 1.807) is 0 Å². The van der Waals surface area contributed by atoms with E-state index in [9.17, 15) is 31.2 Å². The summed E-state index contributed by atoms with van der Waals surface area (Å²) in [6.07, 6.45) is 3.61. The van der Waals surface area contributed by atoms with Gasteiger partial charge >= 0.3 is 6.18 Å². The number of alkyl halides is 3. The smallest absolute Gasteiger partial charge is 0.364 e. The van der Waals surface area contributed by atoms with E-state index in [1.165, 1.54) is 17.1 Å². The van der Waals surface area contributed by atoms with Gasteiger partial charge in [-0.1, -0.05) is 24.4 Å². The van der Waals surface area contributed by atoms with Gasteiger partial charge in [0.05, 0.1) is 5.69 Å². The molecule has 2 heterocycles. The summed E-state index contributed by atoms with van der Waals surface area (Å²) in [7, 11) is -4.44. The second-order valence-electron chi connectivity index (χ2n) is 9.05. The van der Waals surface area contributed by atoms with Gasteiger partial charge in [-0.3, -0.25) is 9.59 Å². The molecular weight excluding hydrogens is 503 g/mol. The number of rotatable bonds is 9. The first kappa shape index (κ1) is 26.1. The van der Waals surface area contributed by atoms with Crippen LogP contribution in [-0.4, -0.2) is 49.1 Å². The molecule has 0 unspecified atom stereocenters. The molecule has 0 aromatic carbocycles. The van der Waals surface area contributed by atoms with Crippen LogP contribution in [0.3, 0.4) is 0 Å². The zero-order valence-electron chi connectivity index (χ0n) is 19.2. The minimum absolute atomic E-state index is 0.00604. The summed E-state index contributed by atoms with van der Waals surface area (Å²) in [4.78, 5) is 29.6. The van der Waals surface area contributed by atoms with Crippen LogP contribution < -0.4 is 15.4 Å². The van der Waals surface area contributed by atoms with Gasteiger partial charge in [0, 0.05) is 12.1 Å². The highest BCUT2D eigenvalue weighted by Gasteiger charge is 2.36. The molecule has 0 bridgehead atoms. The van der Waals surface area contributed by atoms with E-state index in [0.717, 1.165) is 57.2 Å². The monoisotopic (exact) mass is 529 g/mol. The van der Waals surface area contributed by atoms with Gasteiger partial charge in [0.1, 0.15) is 35.1 Å². The topological polar surface area (TPSA) is 143 Å². The summed E-state index contributed by atoms with van der Waals surface area (Å²) in [5.74, 6) is -0.935. The lowest BCUT2D eigenvalue weighted by molar-refractivity contribution is -0.121. The van der Waals surface area contributed by atoms with E-state index in [-0.39, 0.29) is 17.7 Å². The summed E-state index contributed by atoms with van der Waals surface area (Å²) in [6, 6.07) is 1.33. The number of nitrogens with zero attached hydrogens (tertiary/aromatic N) is 2. The zero-order chi connectivity index (χ0) is 25.9. The van der Waals surface area contributed by atoms with Crippen molar-refractivity contribution < 1.29 is 35.7 Å². The minimum Gasteiger partial charge on any atom is -0.364 e. The Morgan fingerprint density at radius 2 is 1.83 bits per heavy atom. The second-order valence-corrected chi connectivity index (χ2v) is 10.8. The van der Waals surface area contributed by atoms with Crippen LogP contribution in [0.25, 0.3) is 0 Å². The third-order valence-corrected chi connectivity index (χ3v) is 7.64. The third kappa shape index (κ3) is 6.60. The Bertz CT molecular complexity index is 1190. The molecule has 0 radical (unpaired) electrons. The highest BCUT2D eigenvalue weighted by atomic mass is 32.2. The average Bonchev–Trinajstić information content (AvgIpc) is 3.57. The van der Waals surface area contributed by atoms with Crippen molar-refractivity contribution in [2.45, 2.75) is 68.0 Å². The largest absolute Gasteiger partial charge is 0.402 e. The van der Waals surface area contributed by atoms with Crippen LogP contribution in [0.4, 0.5) is 19.0 Å². The fraction of sp³-hybridized carbons (Fsp3) is 0.545. The Hall–Kier alpha value is -3.00. The normalized spacial score (nSPS) is 18.0. The lowest BCUT2D eigenvalue weighted by Gasteiger charge is -2.30. The van der Waals surface area contributed by atoms with Crippen LogP contribution in [0.5, 0.6) is 0 Å². The number of pyridine rings is 1. The van der Waals surface area contributed by atoms with Gasteiger partial charge in [0.15, 0.2) is 0 Å². The standard InChI is InChI=1S/C22H26F3N5O5S/c23-22(24,25)12-27-36(33,34)15-8-9-17(26-10-15)28-21(32)19(13-4-2-1-3-5-13)29-20(31)16-11-35-30-18(16)14-6-7-14/h8-11,13-14,19,27H,1-7,12H2,(H,29,31)(H,26,28,32)/t19-/m0/s1. The Labute approximate surface area is 205 Å². The zero-order valence-corrected chi connectivity index (χ0v) is 20.0. The molecular formula is C22H26F3N5O5S. The van der Waals surface area contributed by atoms with Crippen molar-refractivity contribution in [2.75, 3.05) is 11.9 Å². The predicted octanol–water partition coefficient (Wildman–Crippen LogP) is 3.11. The van der Waals surface area contributed by atoms with Gasteiger partial charge in [-0.15, -0.1) is 0 Å². The van der Waals surface area contributed by atoms with Crippen molar-refractivity contribution in [1.82, 2.24) is 20.2 Å². The molecule has 2 fully saturated rings. The number of hydrogen-bond acceptors (Lipinski definition) is 7. The maximum Gasteiger partial charge on any atom is 0.402 e. The predicted molar refractivity (Wildman–Crippen MR) is 120 cm³/mol. The Morgan fingerprint density at radius 1 is 1.11 bits per heavy atom. The highest BCUT2D eigenvalue weighted by Crippen LogP contribution is 2.40. The fourth-order valence-electron chi connectivity index (χ4n) is 4.23. The molecule has 10 nitrogen and oxygen atoms in total. The highest BCUT2D eigenvalue weighted by molar-refractivity contribution is 7.89. The van der Waals surface area contributed by atoms with E-state index in [0.29, 0.717) is 11.3 Å².